The Balaban J connectivity index is 1.94. The Morgan fingerprint density at radius 3 is 2.96 bits per heavy atom. The van der Waals surface area contributed by atoms with Crippen molar-refractivity contribution >= 4 is 50.5 Å². The van der Waals surface area contributed by atoms with Crippen LogP contribution in [-0.4, -0.2) is 19.4 Å². The molecule has 0 aliphatic rings. The summed E-state index contributed by atoms with van der Waals surface area (Å²) in [5.74, 6) is 0.216. The number of aryl methyl sites for hydroxylation is 2. The van der Waals surface area contributed by atoms with Crippen LogP contribution < -0.4 is 5.56 Å². The van der Waals surface area contributed by atoms with Crippen LogP contribution in [0, 0.1) is 25.2 Å². The highest BCUT2D eigenvalue weighted by Gasteiger charge is 2.15. The molecule has 4 aromatic heterocycles. The van der Waals surface area contributed by atoms with Gasteiger partial charge in [0.25, 0.3) is 5.56 Å². The molecular formula is C18H12ClN5OS. The quantitative estimate of drug-likeness (QED) is 0.532. The molecule has 0 atom stereocenters. The first kappa shape index (κ1) is 16.5. The number of rotatable bonds is 2. The molecule has 0 aliphatic heterocycles. The van der Waals surface area contributed by atoms with Gasteiger partial charge in [0.15, 0.2) is 11.0 Å². The Kier molecular flexibility index (Phi) is 3.87. The Morgan fingerprint density at radius 1 is 1.38 bits per heavy atom. The van der Waals surface area contributed by atoms with Crippen LogP contribution in [0.4, 0.5) is 0 Å². The van der Waals surface area contributed by atoms with Crippen LogP contribution in [0.25, 0.3) is 27.5 Å². The van der Waals surface area contributed by atoms with Crippen molar-refractivity contribution in [1.82, 2.24) is 19.4 Å². The number of aromatic amines is 1. The molecule has 0 spiro atoms. The number of fused-ring (bicyclic) bond motifs is 2. The fraction of sp³-hybridized carbons (Fsp3) is 0.111. The maximum absolute atomic E-state index is 12.5. The zero-order valence-corrected chi connectivity index (χ0v) is 15.4. The van der Waals surface area contributed by atoms with E-state index in [4.69, 9.17) is 11.6 Å². The summed E-state index contributed by atoms with van der Waals surface area (Å²) < 4.78 is 1.77. The van der Waals surface area contributed by atoms with Gasteiger partial charge in [0.05, 0.1) is 16.7 Å². The highest BCUT2D eigenvalue weighted by molar-refractivity contribution is 7.18. The molecule has 0 saturated heterocycles. The third kappa shape index (κ3) is 2.51. The number of pyridine rings is 1. The van der Waals surface area contributed by atoms with Gasteiger partial charge in [-0.25, -0.2) is 9.97 Å². The lowest BCUT2D eigenvalue weighted by Crippen LogP contribution is -2.11. The van der Waals surface area contributed by atoms with Gasteiger partial charge in [-0.3, -0.25) is 9.20 Å². The first-order valence-electron chi connectivity index (χ1n) is 7.74. The van der Waals surface area contributed by atoms with Crippen molar-refractivity contribution in [3.05, 3.63) is 61.9 Å². The van der Waals surface area contributed by atoms with E-state index in [-0.39, 0.29) is 22.1 Å². The lowest BCUT2D eigenvalue weighted by Gasteiger charge is -2.01. The number of aromatic nitrogens is 4. The molecule has 0 saturated carbocycles. The number of nitrogens with one attached hydrogen (secondary N) is 1. The molecule has 8 heteroatoms. The molecular weight excluding hydrogens is 370 g/mol. The van der Waals surface area contributed by atoms with Crippen LogP contribution in [-0.2, 0) is 0 Å². The number of nitrogens with zero attached hydrogens (tertiary/aromatic N) is 4. The van der Waals surface area contributed by atoms with Gasteiger partial charge in [-0.1, -0.05) is 17.7 Å². The SMILES string of the molecule is Cc1sc2nc(/C(C#N)=C/c3c(Cl)nc4ccccn34)[nH]c(=O)c2c1C. The third-order valence-electron chi connectivity index (χ3n) is 4.22. The van der Waals surface area contributed by atoms with E-state index in [2.05, 4.69) is 21.0 Å². The van der Waals surface area contributed by atoms with E-state index >= 15 is 0 Å². The molecule has 6 nitrogen and oxygen atoms in total. The Morgan fingerprint density at radius 2 is 2.19 bits per heavy atom. The monoisotopic (exact) mass is 381 g/mol. The predicted octanol–water partition coefficient (Wildman–Crippen LogP) is 3.97. The molecule has 4 rings (SSSR count). The largest absolute Gasteiger partial charge is 0.305 e. The van der Waals surface area contributed by atoms with Crippen LogP contribution in [0.5, 0.6) is 0 Å². The number of hydrogen-bond donors (Lipinski definition) is 1. The standard InChI is InChI=1S/C18H12ClN5OS/c1-9-10(2)26-18-14(9)17(25)22-16(23-18)11(8-20)7-12-15(19)21-13-5-3-4-6-24(12)13/h3-7H,1-2H3,(H,22,23,25)/b11-7+. The highest BCUT2D eigenvalue weighted by atomic mass is 35.5. The summed E-state index contributed by atoms with van der Waals surface area (Å²) in [7, 11) is 0. The molecule has 0 radical (unpaired) electrons. The first-order valence-corrected chi connectivity index (χ1v) is 8.94. The lowest BCUT2D eigenvalue weighted by atomic mass is 10.2. The maximum Gasteiger partial charge on any atom is 0.260 e. The molecule has 4 heterocycles. The summed E-state index contributed by atoms with van der Waals surface area (Å²) in [6.45, 7) is 3.84. The van der Waals surface area contributed by atoms with Crippen molar-refractivity contribution in [3.8, 4) is 6.07 Å². The summed E-state index contributed by atoms with van der Waals surface area (Å²) in [6, 6.07) is 7.61. The number of allylic oxidation sites excluding steroid dienone is 1. The minimum absolute atomic E-state index is 0.209. The second-order valence-electron chi connectivity index (χ2n) is 5.76. The van der Waals surface area contributed by atoms with E-state index in [9.17, 15) is 10.1 Å². The third-order valence-corrected chi connectivity index (χ3v) is 5.60. The van der Waals surface area contributed by atoms with Crippen LogP contribution in [0.15, 0.2) is 29.2 Å². The van der Waals surface area contributed by atoms with Crippen molar-refractivity contribution in [1.29, 1.82) is 5.26 Å². The van der Waals surface area contributed by atoms with Crippen molar-refractivity contribution in [2.24, 2.45) is 0 Å². The second-order valence-corrected chi connectivity index (χ2v) is 7.33. The summed E-state index contributed by atoms with van der Waals surface area (Å²) in [6.07, 6.45) is 3.39. The van der Waals surface area contributed by atoms with Crippen molar-refractivity contribution < 1.29 is 0 Å². The van der Waals surface area contributed by atoms with Crippen molar-refractivity contribution in [2.45, 2.75) is 13.8 Å². The molecule has 128 valence electrons. The van der Waals surface area contributed by atoms with Gasteiger partial charge in [0.1, 0.15) is 16.5 Å². The van der Waals surface area contributed by atoms with E-state index in [0.29, 0.717) is 21.6 Å². The Hall–Kier alpha value is -2.95. The number of thiophene rings is 1. The smallest absolute Gasteiger partial charge is 0.260 e. The fourth-order valence-corrected chi connectivity index (χ4v) is 4.05. The number of hydrogen-bond acceptors (Lipinski definition) is 5. The van der Waals surface area contributed by atoms with Gasteiger partial charge in [-0.15, -0.1) is 11.3 Å². The Bertz CT molecular complexity index is 1310. The van der Waals surface area contributed by atoms with Crippen molar-refractivity contribution in [3.63, 3.8) is 0 Å². The molecule has 0 unspecified atom stereocenters. The fourth-order valence-electron chi connectivity index (χ4n) is 2.79. The lowest BCUT2D eigenvalue weighted by molar-refractivity contribution is 1.13. The van der Waals surface area contributed by atoms with Gasteiger partial charge in [0, 0.05) is 11.1 Å². The highest BCUT2D eigenvalue weighted by Crippen LogP contribution is 2.27. The van der Waals surface area contributed by atoms with E-state index in [1.54, 1.807) is 16.7 Å². The molecule has 0 amide bonds. The molecule has 26 heavy (non-hydrogen) atoms. The predicted molar refractivity (Wildman–Crippen MR) is 103 cm³/mol. The minimum atomic E-state index is -0.253. The second kappa shape index (κ2) is 6.09. The molecule has 0 aromatic carbocycles. The van der Waals surface area contributed by atoms with Gasteiger partial charge in [-0.05, 0) is 37.6 Å². The molecule has 4 aromatic rings. The van der Waals surface area contributed by atoms with Crippen LogP contribution in [0.1, 0.15) is 22.0 Å². The van der Waals surface area contributed by atoms with Crippen LogP contribution in [0.3, 0.4) is 0 Å². The summed E-state index contributed by atoms with van der Waals surface area (Å²) >= 11 is 7.67. The van der Waals surface area contributed by atoms with E-state index < -0.39 is 0 Å². The number of H-pyrrole nitrogens is 1. The summed E-state index contributed by atoms with van der Waals surface area (Å²) in [5, 5.41) is 10.5. The zero-order chi connectivity index (χ0) is 18.4. The molecule has 1 N–H and O–H groups in total. The van der Waals surface area contributed by atoms with Gasteiger partial charge in [0.2, 0.25) is 0 Å². The molecule has 0 aliphatic carbocycles. The van der Waals surface area contributed by atoms with E-state index in [1.165, 1.54) is 11.3 Å². The normalized spacial score (nSPS) is 12.0. The average molecular weight is 382 g/mol. The van der Waals surface area contributed by atoms with Crippen LogP contribution in [0.2, 0.25) is 5.15 Å². The number of imidazole rings is 1. The average Bonchev–Trinajstić information content (AvgIpc) is 3.09. The van der Waals surface area contributed by atoms with Gasteiger partial charge in [-0.2, -0.15) is 5.26 Å². The minimum Gasteiger partial charge on any atom is -0.305 e. The van der Waals surface area contributed by atoms with Gasteiger partial charge >= 0.3 is 0 Å². The number of nitriles is 1. The topological polar surface area (TPSA) is 86.8 Å². The first-order chi connectivity index (χ1) is 12.5. The van der Waals surface area contributed by atoms with Crippen molar-refractivity contribution in [2.75, 3.05) is 0 Å². The Labute approximate surface area is 157 Å². The zero-order valence-electron chi connectivity index (χ0n) is 13.9. The maximum atomic E-state index is 12.5. The van der Waals surface area contributed by atoms with Gasteiger partial charge < -0.3 is 4.98 Å². The van der Waals surface area contributed by atoms with E-state index in [0.717, 1.165) is 10.4 Å². The molecule has 0 fully saturated rings. The van der Waals surface area contributed by atoms with E-state index in [1.807, 2.05) is 32.0 Å². The summed E-state index contributed by atoms with van der Waals surface area (Å²) in [5.41, 5.74) is 2.10. The van der Waals surface area contributed by atoms with Crippen LogP contribution >= 0.6 is 22.9 Å². The number of halogens is 1. The summed E-state index contributed by atoms with van der Waals surface area (Å²) in [4.78, 5) is 25.6. The molecule has 0 bridgehead atoms.